The maximum absolute atomic E-state index is 12.3. The summed E-state index contributed by atoms with van der Waals surface area (Å²) in [5, 5.41) is 5.77. The highest BCUT2D eigenvalue weighted by Crippen LogP contribution is 2.25. The molecule has 0 saturated carbocycles. The lowest BCUT2D eigenvalue weighted by Gasteiger charge is -2.10. The number of rotatable bonds is 7. The van der Waals surface area contributed by atoms with Gasteiger partial charge in [0.05, 0.1) is 25.5 Å². The molecule has 1 amide bonds. The van der Waals surface area contributed by atoms with Crippen LogP contribution in [0.4, 0.5) is 0 Å². The van der Waals surface area contributed by atoms with Crippen molar-refractivity contribution in [2.75, 3.05) is 7.11 Å². The SMILES string of the molecule is COc1ccc(-c2nc(CNC(=O)c3ccc(OC(C)C)cc3)cs2)cc1. The van der Waals surface area contributed by atoms with Gasteiger partial charge >= 0.3 is 0 Å². The van der Waals surface area contributed by atoms with Gasteiger partial charge in [0.1, 0.15) is 16.5 Å². The first-order valence-electron chi connectivity index (χ1n) is 8.69. The Morgan fingerprint density at radius 1 is 1.07 bits per heavy atom. The summed E-state index contributed by atoms with van der Waals surface area (Å²) in [6.45, 7) is 4.32. The number of hydrogen-bond acceptors (Lipinski definition) is 5. The molecule has 5 nitrogen and oxygen atoms in total. The van der Waals surface area contributed by atoms with Gasteiger partial charge < -0.3 is 14.8 Å². The van der Waals surface area contributed by atoms with E-state index in [0.717, 1.165) is 27.8 Å². The number of hydrogen-bond donors (Lipinski definition) is 1. The van der Waals surface area contributed by atoms with Crippen molar-refractivity contribution in [2.45, 2.75) is 26.5 Å². The standard InChI is InChI=1S/C21H22N2O3S/c1-14(2)26-19-10-4-15(5-11-19)20(24)22-12-17-13-27-21(23-17)16-6-8-18(25-3)9-7-16/h4-11,13-14H,12H2,1-3H3,(H,22,24). The van der Waals surface area contributed by atoms with Crippen LogP contribution in [0.3, 0.4) is 0 Å². The second-order valence-corrected chi connectivity index (χ2v) is 7.10. The van der Waals surface area contributed by atoms with Gasteiger partial charge in [0.2, 0.25) is 0 Å². The molecule has 3 rings (SSSR count). The van der Waals surface area contributed by atoms with Gasteiger partial charge in [-0.1, -0.05) is 0 Å². The number of methoxy groups -OCH3 is 1. The Hall–Kier alpha value is -2.86. The van der Waals surface area contributed by atoms with Crippen molar-refractivity contribution in [3.63, 3.8) is 0 Å². The van der Waals surface area contributed by atoms with Crippen LogP contribution < -0.4 is 14.8 Å². The monoisotopic (exact) mass is 382 g/mol. The molecule has 3 aromatic rings. The number of aromatic nitrogens is 1. The predicted molar refractivity (Wildman–Crippen MR) is 107 cm³/mol. The van der Waals surface area contributed by atoms with E-state index in [1.807, 2.05) is 43.5 Å². The maximum atomic E-state index is 12.3. The van der Waals surface area contributed by atoms with E-state index >= 15 is 0 Å². The third-order valence-electron chi connectivity index (χ3n) is 3.81. The molecule has 0 atom stereocenters. The molecule has 0 fully saturated rings. The molecule has 0 aliphatic heterocycles. The van der Waals surface area contributed by atoms with Crippen molar-refractivity contribution in [3.8, 4) is 22.1 Å². The second kappa shape index (κ2) is 8.68. The number of nitrogens with one attached hydrogen (secondary N) is 1. The van der Waals surface area contributed by atoms with Crippen LogP contribution in [0.5, 0.6) is 11.5 Å². The van der Waals surface area contributed by atoms with Crippen molar-refractivity contribution < 1.29 is 14.3 Å². The summed E-state index contributed by atoms with van der Waals surface area (Å²) in [7, 11) is 1.64. The Bertz CT molecular complexity index is 887. The lowest BCUT2D eigenvalue weighted by Crippen LogP contribution is -2.22. The fourth-order valence-corrected chi connectivity index (χ4v) is 3.31. The minimum absolute atomic E-state index is 0.106. The molecule has 1 aromatic heterocycles. The number of benzene rings is 2. The summed E-state index contributed by atoms with van der Waals surface area (Å²) >= 11 is 1.55. The summed E-state index contributed by atoms with van der Waals surface area (Å²) in [6, 6.07) is 14.9. The second-order valence-electron chi connectivity index (χ2n) is 6.25. The highest BCUT2D eigenvalue weighted by Gasteiger charge is 2.09. The normalized spacial score (nSPS) is 10.7. The van der Waals surface area contributed by atoms with Crippen molar-refractivity contribution >= 4 is 17.2 Å². The van der Waals surface area contributed by atoms with E-state index < -0.39 is 0 Å². The summed E-state index contributed by atoms with van der Waals surface area (Å²) < 4.78 is 10.8. The summed E-state index contributed by atoms with van der Waals surface area (Å²) in [6.07, 6.45) is 0.106. The first-order valence-corrected chi connectivity index (χ1v) is 9.57. The zero-order valence-corrected chi connectivity index (χ0v) is 16.4. The minimum Gasteiger partial charge on any atom is -0.497 e. The van der Waals surface area contributed by atoms with E-state index in [0.29, 0.717) is 12.1 Å². The average molecular weight is 382 g/mol. The molecular weight excluding hydrogens is 360 g/mol. The number of thiazole rings is 1. The first kappa shape index (κ1) is 18.9. The molecule has 2 aromatic carbocycles. The zero-order valence-electron chi connectivity index (χ0n) is 15.6. The molecular formula is C21H22N2O3S. The van der Waals surface area contributed by atoms with Gasteiger partial charge in [0.15, 0.2) is 0 Å². The van der Waals surface area contributed by atoms with E-state index in [9.17, 15) is 4.79 Å². The molecule has 0 aliphatic carbocycles. The number of carbonyl (C=O) groups is 1. The molecule has 0 aliphatic rings. The number of nitrogens with zero attached hydrogens (tertiary/aromatic N) is 1. The fourth-order valence-electron chi connectivity index (χ4n) is 2.48. The molecule has 0 saturated heterocycles. The fraction of sp³-hybridized carbons (Fsp3) is 0.238. The molecule has 0 unspecified atom stereocenters. The zero-order chi connectivity index (χ0) is 19.2. The topological polar surface area (TPSA) is 60.5 Å². The van der Waals surface area contributed by atoms with Gasteiger partial charge in [-0.05, 0) is 62.4 Å². The lowest BCUT2D eigenvalue weighted by molar-refractivity contribution is 0.0950. The van der Waals surface area contributed by atoms with Crippen molar-refractivity contribution in [2.24, 2.45) is 0 Å². The van der Waals surface area contributed by atoms with Crippen LogP contribution in [-0.4, -0.2) is 24.1 Å². The Morgan fingerprint density at radius 2 is 1.74 bits per heavy atom. The van der Waals surface area contributed by atoms with Crippen LogP contribution in [0.2, 0.25) is 0 Å². The van der Waals surface area contributed by atoms with Crippen molar-refractivity contribution in [3.05, 3.63) is 65.2 Å². The van der Waals surface area contributed by atoms with Crippen LogP contribution in [0.15, 0.2) is 53.9 Å². The lowest BCUT2D eigenvalue weighted by atomic mass is 10.2. The van der Waals surface area contributed by atoms with Gasteiger partial charge in [0.25, 0.3) is 5.91 Å². The Labute approximate surface area is 163 Å². The molecule has 140 valence electrons. The third kappa shape index (κ3) is 5.08. The van der Waals surface area contributed by atoms with Crippen molar-refractivity contribution in [1.82, 2.24) is 10.3 Å². The first-order chi connectivity index (χ1) is 13.0. The van der Waals surface area contributed by atoms with E-state index in [4.69, 9.17) is 9.47 Å². The van der Waals surface area contributed by atoms with E-state index in [1.165, 1.54) is 0 Å². The molecule has 27 heavy (non-hydrogen) atoms. The van der Waals surface area contributed by atoms with Gasteiger partial charge in [-0.2, -0.15) is 0 Å². The van der Waals surface area contributed by atoms with Crippen LogP contribution in [0.1, 0.15) is 29.9 Å². The van der Waals surface area contributed by atoms with Crippen LogP contribution >= 0.6 is 11.3 Å². The Morgan fingerprint density at radius 3 is 2.37 bits per heavy atom. The largest absolute Gasteiger partial charge is 0.497 e. The van der Waals surface area contributed by atoms with Crippen LogP contribution in [0.25, 0.3) is 10.6 Å². The molecule has 1 heterocycles. The number of carbonyl (C=O) groups excluding carboxylic acids is 1. The molecule has 0 bridgehead atoms. The third-order valence-corrected chi connectivity index (χ3v) is 4.75. The smallest absolute Gasteiger partial charge is 0.251 e. The quantitative estimate of drug-likeness (QED) is 0.652. The van der Waals surface area contributed by atoms with Gasteiger partial charge in [-0.25, -0.2) is 4.98 Å². The Kier molecular flexibility index (Phi) is 6.08. The number of ether oxygens (including phenoxy) is 2. The summed E-state index contributed by atoms with van der Waals surface area (Å²) in [5.41, 5.74) is 2.45. The molecule has 1 N–H and O–H groups in total. The average Bonchev–Trinajstić information content (AvgIpc) is 3.15. The summed E-state index contributed by atoms with van der Waals surface area (Å²) in [4.78, 5) is 16.9. The Balaban J connectivity index is 1.58. The molecule has 6 heteroatoms. The summed E-state index contributed by atoms with van der Waals surface area (Å²) in [5.74, 6) is 1.43. The van der Waals surface area contributed by atoms with Crippen molar-refractivity contribution in [1.29, 1.82) is 0 Å². The number of amides is 1. The van der Waals surface area contributed by atoms with Gasteiger partial charge in [-0.15, -0.1) is 11.3 Å². The minimum atomic E-state index is -0.134. The maximum Gasteiger partial charge on any atom is 0.251 e. The highest BCUT2D eigenvalue weighted by molar-refractivity contribution is 7.13. The van der Waals surface area contributed by atoms with Gasteiger partial charge in [-0.3, -0.25) is 4.79 Å². The van der Waals surface area contributed by atoms with E-state index in [2.05, 4.69) is 10.3 Å². The van der Waals surface area contributed by atoms with E-state index in [1.54, 1.807) is 42.7 Å². The highest BCUT2D eigenvalue weighted by atomic mass is 32.1. The molecule has 0 radical (unpaired) electrons. The predicted octanol–water partition coefficient (Wildman–Crippen LogP) is 4.54. The van der Waals surface area contributed by atoms with Gasteiger partial charge in [0, 0.05) is 16.5 Å². The molecule has 0 spiro atoms. The van der Waals surface area contributed by atoms with Crippen LogP contribution in [-0.2, 0) is 6.54 Å². The van der Waals surface area contributed by atoms with E-state index in [-0.39, 0.29) is 12.0 Å². The van der Waals surface area contributed by atoms with Crippen LogP contribution in [0, 0.1) is 0 Å².